The highest BCUT2D eigenvalue weighted by molar-refractivity contribution is 5.74. The lowest BCUT2D eigenvalue weighted by atomic mass is 9.93. The fourth-order valence-corrected chi connectivity index (χ4v) is 3.36. The van der Waals surface area contributed by atoms with Crippen LogP contribution in [0, 0.1) is 0 Å². The van der Waals surface area contributed by atoms with Crippen molar-refractivity contribution in [3.05, 3.63) is 53.9 Å². The van der Waals surface area contributed by atoms with E-state index in [2.05, 4.69) is 49.4 Å². The van der Waals surface area contributed by atoms with E-state index in [9.17, 15) is 4.79 Å². The Bertz CT molecular complexity index is 722. The van der Waals surface area contributed by atoms with Crippen molar-refractivity contribution in [2.24, 2.45) is 0 Å². The van der Waals surface area contributed by atoms with E-state index < -0.39 is 0 Å². The lowest BCUT2D eigenvalue weighted by Gasteiger charge is -2.34. The first-order chi connectivity index (χ1) is 12.4. The molecule has 6 nitrogen and oxygen atoms in total. The molecule has 0 unspecified atom stereocenters. The molecule has 0 aliphatic carbocycles. The number of carbonyl (C=O) groups is 1. The molecule has 1 aliphatic heterocycles. The van der Waals surface area contributed by atoms with Gasteiger partial charge in [-0.3, -0.25) is 9.69 Å². The van der Waals surface area contributed by atoms with Crippen LogP contribution in [0.2, 0.25) is 0 Å². The molecule has 0 bridgehead atoms. The van der Waals surface area contributed by atoms with E-state index in [-0.39, 0.29) is 11.4 Å². The summed E-state index contributed by atoms with van der Waals surface area (Å²) in [4.78, 5) is 24.7. The van der Waals surface area contributed by atoms with E-state index >= 15 is 0 Å². The maximum Gasteiger partial charge on any atom is 0.225 e. The van der Waals surface area contributed by atoms with Crippen LogP contribution in [0.15, 0.2) is 42.7 Å². The number of hydrogen-bond donors (Lipinski definition) is 1. The smallest absolute Gasteiger partial charge is 0.225 e. The zero-order valence-electron chi connectivity index (χ0n) is 15.8. The van der Waals surface area contributed by atoms with E-state index in [1.165, 1.54) is 5.56 Å². The van der Waals surface area contributed by atoms with Crippen LogP contribution in [0.1, 0.15) is 31.9 Å². The summed E-state index contributed by atoms with van der Waals surface area (Å²) in [5, 5.41) is 2.99. The summed E-state index contributed by atoms with van der Waals surface area (Å²) < 4.78 is 0. The van der Waals surface area contributed by atoms with E-state index in [4.69, 9.17) is 0 Å². The quantitative estimate of drug-likeness (QED) is 0.893. The van der Waals surface area contributed by atoms with Crippen molar-refractivity contribution in [1.82, 2.24) is 20.2 Å². The highest BCUT2D eigenvalue weighted by Crippen LogP contribution is 2.21. The van der Waals surface area contributed by atoms with Crippen molar-refractivity contribution in [1.29, 1.82) is 0 Å². The fourth-order valence-electron chi connectivity index (χ4n) is 3.36. The normalized spacial score (nSPS) is 15.7. The Morgan fingerprint density at radius 3 is 2.27 bits per heavy atom. The molecule has 0 spiro atoms. The van der Waals surface area contributed by atoms with Crippen molar-refractivity contribution in [2.75, 3.05) is 31.1 Å². The minimum Gasteiger partial charge on any atom is -0.347 e. The van der Waals surface area contributed by atoms with Gasteiger partial charge in [0.1, 0.15) is 0 Å². The van der Waals surface area contributed by atoms with Crippen molar-refractivity contribution in [2.45, 2.75) is 32.9 Å². The molecule has 6 heteroatoms. The average molecular weight is 353 g/mol. The number of anilines is 1. The van der Waals surface area contributed by atoms with Crippen molar-refractivity contribution in [3.8, 4) is 0 Å². The van der Waals surface area contributed by atoms with Crippen molar-refractivity contribution in [3.63, 3.8) is 0 Å². The van der Waals surface area contributed by atoms with Gasteiger partial charge in [0.05, 0.1) is 5.54 Å². The van der Waals surface area contributed by atoms with Crippen LogP contribution in [0.25, 0.3) is 0 Å². The van der Waals surface area contributed by atoms with Gasteiger partial charge in [-0.15, -0.1) is 0 Å². The molecule has 1 aromatic heterocycles. The minimum absolute atomic E-state index is 0.0145. The highest BCUT2D eigenvalue weighted by atomic mass is 16.1. The van der Waals surface area contributed by atoms with Crippen molar-refractivity contribution >= 4 is 11.9 Å². The zero-order chi connectivity index (χ0) is 18.6. The predicted octanol–water partition coefficient (Wildman–Crippen LogP) is 2.17. The Labute approximate surface area is 155 Å². The summed E-state index contributed by atoms with van der Waals surface area (Å²) in [5.41, 5.74) is 2.05. The number of carbonyl (C=O) groups excluding carboxylic acids is 1. The van der Waals surface area contributed by atoms with Gasteiger partial charge in [-0.25, -0.2) is 9.97 Å². The number of benzene rings is 1. The van der Waals surface area contributed by atoms with Crippen LogP contribution in [0.4, 0.5) is 5.95 Å². The number of nitrogens with zero attached hydrogens (tertiary/aromatic N) is 4. The van der Waals surface area contributed by atoms with Crippen LogP contribution in [-0.4, -0.2) is 47.0 Å². The first-order valence-electron chi connectivity index (χ1n) is 9.06. The maximum atomic E-state index is 11.4. The SMILES string of the molecule is CC(=O)NC(C)(C)c1ccc(CN2CCN(c3ncccn3)CC2)cc1. The number of hydrogen-bond acceptors (Lipinski definition) is 5. The molecule has 0 atom stereocenters. The molecule has 1 saturated heterocycles. The van der Waals surface area contributed by atoms with E-state index in [1.54, 1.807) is 19.3 Å². The van der Waals surface area contributed by atoms with E-state index in [0.29, 0.717) is 0 Å². The van der Waals surface area contributed by atoms with Crippen LogP contribution < -0.4 is 10.2 Å². The number of nitrogens with one attached hydrogen (secondary N) is 1. The Morgan fingerprint density at radius 2 is 1.69 bits per heavy atom. The lowest BCUT2D eigenvalue weighted by molar-refractivity contribution is -0.120. The molecule has 3 rings (SSSR count). The van der Waals surface area contributed by atoms with Crippen LogP contribution in [0.3, 0.4) is 0 Å². The molecule has 1 amide bonds. The Kier molecular flexibility index (Phi) is 5.52. The van der Waals surface area contributed by atoms with Crippen molar-refractivity contribution < 1.29 is 4.79 Å². The lowest BCUT2D eigenvalue weighted by Crippen LogP contribution is -2.46. The number of amides is 1. The molecule has 1 aliphatic rings. The summed E-state index contributed by atoms with van der Waals surface area (Å²) in [6.07, 6.45) is 3.58. The summed E-state index contributed by atoms with van der Waals surface area (Å²) in [6.45, 7) is 10.4. The first-order valence-corrected chi connectivity index (χ1v) is 9.06. The largest absolute Gasteiger partial charge is 0.347 e. The topological polar surface area (TPSA) is 61.4 Å². The standard InChI is InChI=1S/C20H27N5O/c1-16(26)23-20(2,3)18-7-5-17(6-8-18)15-24-11-13-25(14-12-24)19-21-9-4-10-22-19/h4-10H,11-15H2,1-3H3,(H,23,26). The monoisotopic (exact) mass is 353 g/mol. The molecule has 26 heavy (non-hydrogen) atoms. The second kappa shape index (κ2) is 7.83. The molecule has 0 radical (unpaired) electrons. The van der Waals surface area contributed by atoms with Crippen LogP contribution in [-0.2, 0) is 16.9 Å². The zero-order valence-corrected chi connectivity index (χ0v) is 15.8. The van der Waals surface area contributed by atoms with Gasteiger partial charge < -0.3 is 10.2 Å². The third kappa shape index (κ3) is 4.58. The molecule has 138 valence electrons. The molecular formula is C20H27N5O. The minimum atomic E-state index is -0.355. The molecule has 1 fully saturated rings. The van der Waals surface area contributed by atoms with Gasteiger partial charge in [-0.05, 0) is 31.0 Å². The van der Waals surface area contributed by atoms with E-state index in [1.807, 2.05) is 19.9 Å². The number of piperazine rings is 1. The maximum absolute atomic E-state index is 11.4. The van der Waals surface area contributed by atoms with Gasteiger partial charge in [-0.1, -0.05) is 24.3 Å². The summed E-state index contributed by atoms with van der Waals surface area (Å²) >= 11 is 0. The first kappa shape index (κ1) is 18.3. The van der Waals surface area contributed by atoms with Gasteiger partial charge in [-0.2, -0.15) is 0 Å². The highest BCUT2D eigenvalue weighted by Gasteiger charge is 2.22. The number of rotatable bonds is 5. The van der Waals surface area contributed by atoms with Gasteiger partial charge in [0.2, 0.25) is 11.9 Å². The molecule has 1 N–H and O–H groups in total. The fraction of sp³-hybridized carbons (Fsp3) is 0.450. The van der Waals surface area contributed by atoms with Gasteiger partial charge >= 0.3 is 0 Å². The number of aromatic nitrogens is 2. The second-order valence-electron chi connectivity index (χ2n) is 7.32. The van der Waals surface area contributed by atoms with Crippen LogP contribution in [0.5, 0.6) is 0 Å². The summed E-state index contributed by atoms with van der Waals surface area (Å²) in [6, 6.07) is 10.4. The Hall–Kier alpha value is -2.47. The second-order valence-corrected chi connectivity index (χ2v) is 7.32. The molecular weight excluding hydrogens is 326 g/mol. The Morgan fingerprint density at radius 1 is 1.08 bits per heavy atom. The van der Waals surface area contributed by atoms with Crippen LogP contribution >= 0.6 is 0 Å². The third-order valence-corrected chi connectivity index (χ3v) is 4.78. The average Bonchev–Trinajstić information content (AvgIpc) is 2.62. The third-order valence-electron chi connectivity index (χ3n) is 4.78. The predicted molar refractivity (Wildman–Crippen MR) is 103 cm³/mol. The summed E-state index contributed by atoms with van der Waals surface area (Å²) in [5.74, 6) is 0.802. The summed E-state index contributed by atoms with van der Waals surface area (Å²) in [7, 11) is 0. The van der Waals surface area contributed by atoms with Gasteiger partial charge in [0.25, 0.3) is 0 Å². The molecule has 2 heterocycles. The molecule has 1 aromatic carbocycles. The molecule has 0 saturated carbocycles. The Balaban J connectivity index is 1.55. The van der Waals surface area contributed by atoms with E-state index in [0.717, 1.165) is 44.2 Å². The molecule has 2 aromatic rings. The van der Waals surface area contributed by atoms with Gasteiger partial charge in [0, 0.05) is 52.0 Å². The van der Waals surface area contributed by atoms with Gasteiger partial charge in [0.15, 0.2) is 0 Å².